The molecule has 1 fully saturated rings. The number of aromatic hydroxyl groups is 1. The lowest BCUT2D eigenvalue weighted by atomic mass is 9.95. The number of hydrogen-bond acceptors (Lipinski definition) is 6. The van der Waals surface area contributed by atoms with E-state index < -0.39 is 5.82 Å². The third kappa shape index (κ3) is 4.86. The molecule has 0 saturated carbocycles. The SMILES string of the molecule is C=Nc1cc(-c2cc(F)cc(-c3ccc(-n4ccn(C)c4=O)c(Cl)c3)c2O)cc(N2CC[C@H](N)C2)c1/N=C\C. The van der Waals surface area contributed by atoms with Crippen molar-refractivity contribution in [3.8, 4) is 33.7 Å². The van der Waals surface area contributed by atoms with Crippen molar-refractivity contribution in [3.63, 3.8) is 0 Å². The van der Waals surface area contributed by atoms with Crippen LogP contribution in [0.3, 0.4) is 0 Å². The first-order chi connectivity index (χ1) is 18.7. The van der Waals surface area contributed by atoms with Crippen LogP contribution in [0.4, 0.5) is 21.5 Å². The van der Waals surface area contributed by atoms with E-state index in [1.165, 1.54) is 21.3 Å². The van der Waals surface area contributed by atoms with Gasteiger partial charge in [-0.3, -0.25) is 14.6 Å². The number of aryl methyl sites for hydroxylation is 1. The van der Waals surface area contributed by atoms with Gasteiger partial charge in [-0.25, -0.2) is 9.18 Å². The van der Waals surface area contributed by atoms with E-state index in [1.807, 2.05) is 13.0 Å². The first kappa shape index (κ1) is 26.4. The maximum atomic E-state index is 15.0. The second-order valence-electron chi connectivity index (χ2n) is 9.48. The average Bonchev–Trinajstić information content (AvgIpc) is 3.50. The fraction of sp³-hybridized carbons (Fsp3) is 0.207. The van der Waals surface area contributed by atoms with Crippen molar-refractivity contribution in [1.29, 1.82) is 0 Å². The van der Waals surface area contributed by atoms with Gasteiger partial charge in [-0.15, -0.1) is 0 Å². The summed E-state index contributed by atoms with van der Waals surface area (Å²) in [5.41, 5.74) is 9.91. The lowest BCUT2D eigenvalue weighted by Gasteiger charge is -2.23. The monoisotopic (exact) mass is 546 g/mol. The molecule has 0 aliphatic carbocycles. The van der Waals surface area contributed by atoms with Gasteiger partial charge < -0.3 is 20.3 Å². The topological polar surface area (TPSA) is 101 Å². The van der Waals surface area contributed by atoms with Crippen molar-refractivity contribution in [2.45, 2.75) is 19.4 Å². The van der Waals surface area contributed by atoms with Gasteiger partial charge in [0.2, 0.25) is 0 Å². The van der Waals surface area contributed by atoms with Crippen molar-refractivity contribution < 1.29 is 9.50 Å². The van der Waals surface area contributed by atoms with Crippen LogP contribution >= 0.6 is 11.6 Å². The van der Waals surface area contributed by atoms with Gasteiger partial charge in [-0.1, -0.05) is 17.7 Å². The van der Waals surface area contributed by atoms with Crippen molar-refractivity contribution in [1.82, 2.24) is 9.13 Å². The van der Waals surface area contributed by atoms with Crippen molar-refractivity contribution >= 4 is 41.6 Å². The van der Waals surface area contributed by atoms with E-state index in [9.17, 15) is 9.90 Å². The van der Waals surface area contributed by atoms with Crippen LogP contribution < -0.4 is 16.3 Å². The van der Waals surface area contributed by atoms with Crippen LogP contribution in [0.15, 0.2) is 69.6 Å². The minimum absolute atomic E-state index is 0.0286. The molecule has 0 unspecified atom stereocenters. The summed E-state index contributed by atoms with van der Waals surface area (Å²) in [6.07, 6.45) is 5.75. The first-order valence-electron chi connectivity index (χ1n) is 12.4. The number of benzene rings is 3. The summed E-state index contributed by atoms with van der Waals surface area (Å²) >= 11 is 6.54. The molecule has 1 aromatic heterocycles. The normalized spacial score (nSPS) is 15.4. The molecule has 0 radical (unpaired) electrons. The van der Waals surface area contributed by atoms with Crippen LogP contribution in [0.5, 0.6) is 5.75 Å². The van der Waals surface area contributed by atoms with E-state index in [1.54, 1.807) is 49.9 Å². The molecule has 1 aliphatic rings. The lowest BCUT2D eigenvalue weighted by Crippen LogP contribution is -2.26. The molecule has 8 nitrogen and oxygen atoms in total. The van der Waals surface area contributed by atoms with Gasteiger partial charge in [0, 0.05) is 55.9 Å². The summed E-state index contributed by atoms with van der Waals surface area (Å²) in [6.45, 7) is 6.90. The quantitative estimate of drug-likeness (QED) is 0.307. The third-order valence-corrected chi connectivity index (χ3v) is 7.22. The predicted molar refractivity (Wildman–Crippen MR) is 156 cm³/mol. The predicted octanol–water partition coefficient (Wildman–Crippen LogP) is 5.60. The van der Waals surface area contributed by atoms with Gasteiger partial charge >= 0.3 is 5.69 Å². The van der Waals surface area contributed by atoms with Gasteiger partial charge in [0.25, 0.3) is 0 Å². The molecule has 1 aliphatic heterocycles. The van der Waals surface area contributed by atoms with E-state index in [0.717, 1.165) is 18.7 Å². The molecule has 1 saturated heterocycles. The second kappa shape index (κ2) is 10.5. The summed E-state index contributed by atoms with van der Waals surface area (Å²) in [6, 6.07) is 11.1. The van der Waals surface area contributed by atoms with Crippen LogP contribution in [0.1, 0.15) is 13.3 Å². The van der Waals surface area contributed by atoms with Crippen LogP contribution in [0.2, 0.25) is 5.02 Å². The summed E-state index contributed by atoms with van der Waals surface area (Å²) in [7, 11) is 1.64. The highest BCUT2D eigenvalue weighted by Crippen LogP contribution is 2.46. The smallest absolute Gasteiger partial charge is 0.332 e. The van der Waals surface area contributed by atoms with Gasteiger partial charge in [0.15, 0.2) is 0 Å². The van der Waals surface area contributed by atoms with Crippen LogP contribution in [0, 0.1) is 5.82 Å². The number of aromatic nitrogens is 2. The van der Waals surface area contributed by atoms with E-state index >= 15 is 4.39 Å². The molecule has 2 heterocycles. The number of imidazole rings is 1. The molecule has 5 rings (SSSR count). The minimum Gasteiger partial charge on any atom is -0.507 e. The molecular weight excluding hydrogens is 519 g/mol. The fourth-order valence-electron chi connectivity index (χ4n) is 4.95. The van der Waals surface area contributed by atoms with E-state index in [0.29, 0.717) is 34.7 Å². The van der Waals surface area contributed by atoms with Crippen molar-refractivity contribution in [2.75, 3.05) is 18.0 Å². The number of phenols is 1. The van der Waals surface area contributed by atoms with Crippen molar-refractivity contribution in [2.24, 2.45) is 22.8 Å². The molecule has 200 valence electrons. The Morgan fingerprint density at radius 3 is 2.46 bits per heavy atom. The number of rotatable bonds is 6. The zero-order valence-corrected chi connectivity index (χ0v) is 22.4. The van der Waals surface area contributed by atoms with E-state index in [2.05, 4.69) is 21.6 Å². The molecule has 3 N–H and O–H groups in total. The standard InChI is InChI=1S/C29H28ClFN6O2/c1-4-34-27-24(33-2)12-18(13-26(27)36-8-7-20(32)16-36)22-15-19(31)14-21(28(22)38)17-5-6-25(23(30)11-17)37-10-9-35(3)29(37)39/h4-6,9-15,20,38H,2,7-8,16,32H2,1,3H3/b34-4-/t20-/m0/s1. The Balaban J connectivity index is 1.64. The summed E-state index contributed by atoms with van der Waals surface area (Å²) in [4.78, 5) is 23.2. The molecule has 0 bridgehead atoms. The number of nitrogens with two attached hydrogens (primary N) is 1. The van der Waals surface area contributed by atoms with Crippen LogP contribution in [0.25, 0.3) is 27.9 Å². The molecule has 3 aromatic carbocycles. The summed E-state index contributed by atoms with van der Waals surface area (Å²) in [5, 5.41) is 11.7. The molecular formula is C29H28ClFN6O2. The number of hydrogen-bond donors (Lipinski definition) is 2. The number of halogens is 2. The fourth-order valence-corrected chi connectivity index (χ4v) is 5.22. The lowest BCUT2D eigenvalue weighted by molar-refractivity contribution is 0.477. The molecule has 39 heavy (non-hydrogen) atoms. The zero-order chi connectivity index (χ0) is 27.8. The molecule has 1 atom stereocenters. The largest absolute Gasteiger partial charge is 0.507 e. The maximum absolute atomic E-state index is 15.0. The number of anilines is 1. The average molecular weight is 547 g/mol. The Hall–Kier alpha value is -4.21. The summed E-state index contributed by atoms with van der Waals surface area (Å²) < 4.78 is 17.9. The number of phenolic OH excluding ortho intramolecular Hbond substituents is 1. The van der Waals surface area contributed by atoms with Crippen LogP contribution in [-0.4, -0.2) is 46.3 Å². The molecule has 0 spiro atoms. The number of aliphatic imine (C=N–C) groups is 2. The highest BCUT2D eigenvalue weighted by molar-refractivity contribution is 6.32. The first-order valence-corrected chi connectivity index (χ1v) is 12.8. The molecule has 0 amide bonds. The minimum atomic E-state index is -0.536. The van der Waals surface area contributed by atoms with Gasteiger partial charge in [0.05, 0.1) is 22.1 Å². The van der Waals surface area contributed by atoms with Crippen LogP contribution in [-0.2, 0) is 7.05 Å². The second-order valence-corrected chi connectivity index (χ2v) is 9.89. The highest BCUT2D eigenvalue weighted by Gasteiger charge is 2.25. The molecule has 10 heteroatoms. The van der Waals surface area contributed by atoms with Crippen molar-refractivity contribution in [3.05, 3.63) is 76.2 Å². The molecule has 4 aromatic rings. The van der Waals surface area contributed by atoms with E-state index in [-0.39, 0.29) is 33.6 Å². The maximum Gasteiger partial charge on any atom is 0.332 e. The number of nitrogens with zero attached hydrogens (tertiary/aromatic N) is 5. The third-order valence-electron chi connectivity index (χ3n) is 6.91. The highest BCUT2D eigenvalue weighted by atomic mass is 35.5. The van der Waals surface area contributed by atoms with Gasteiger partial charge in [-0.05, 0) is 67.6 Å². The van der Waals surface area contributed by atoms with Gasteiger partial charge in [-0.2, -0.15) is 0 Å². The summed E-state index contributed by atoms with van der Waals surface area (Å²) in [5.74, 6) is -0.659. The van der Waals surface area contributed by atoms with E-state index in [4.69, 9.17) is 17.3 Å². The van der Waals surface area contributed by atoms with Gasteiger partial charge in [0.1, 0.15) is 17.3 Å². The zero-order valence-electron chi connectivity index (χ0n) is 21.6. The Morgan fingerprint density at radius 2 is 1.87 bits per heavy atom. The Kier molecular flexibility index (Phi) is 7.12. The Bertz CT molecular complexity index is 1680. The Labute approximate surface area is 230 Å². The Morgan fingerprint density at radius 1 is 1.13 bits per heavy atom.